The first-order valence-electron chi connectivity index (χ1n) is 11.8. The molecular weight excluding hydrogens is 456 g/mol. The van der Waals surface area contributed by atoms with E-state index in [9.17, 15) is 14.4 Å². The zero-order valence-electron chi connectivity index (χ0n) is 21.0. The van der Waals surface area contributed by atoms with E-state index in [1.165, 1.54) is 34.1 Å². The molecule has 1 fully saturated rings. The standard InChI is InChI=1S/C23H36N4O6Si/c1-14(2)34(15(3)4,16(5)6)31-12-19-18(33-23(30)26-9-8-24-13-26)10-20(32-19)27-11-17(7)21(28)25-22(27)29/h8-9,11,13-16,18-20H,10,12H2,1-7H3,(H,25,28,29)/t18-,19+,20+/m0/s1. The van der Waals surface area contributed by atoms with Crippen LogP contribution >= 0.6 is 0 Å². The van der Waals surface area contributed by atoms with E-state index in [1.54, 1.807) is 6.92 Å². The van der Waals surface area contributed by atoms with Crippen LogP contribution in [0.2, 0.25) is 16.6 Å². The predicted molar refractivity (Wildman–Crippen MR) is 129 cm³/mol. The van der Waals surface area contributed by atoms with Gasteiger partial charge in [-0.15, -0.1) is 0 Å². The molecule has 2 aromatic rings. The lowest BCUT2D eigenvalue weighted by Gasteiger charge is -2.42. The smallest absolute Gasteiger partial charge is 0.419 e. The Balaban J connectivity index is 1.88. The fraction of sp³-hybridized carbons (Fsp3) is 0.652. The third kappa shape index (κ3) is 5.11. The van der Waals surface area contributed by atoms with E-state index >= 15 is 0 Å². The van der Waals surface area contributed by atoms with Crippen molar-refractivity contribution in [1.29, 1.82) is 0 Å². The molecule has 11 heteroatoms. The highest BCUT2D eigenvalue weighted by Gasteiger charge is 2.47. The number of ether oxygens (including phenoxy) is 2. The summed E-state index contributed by atoms with van der Waals surface area (Å²) in [6.07, 6.45) is 3.59. The quantitative estimate of drug-likeness (QED) is 0.560. The summed E-state index contributed by atoms with van der Waals surface area (Å²) >= 11 is 0. The summed E-state index contributed by atoms with van der Waals surface area (Å²) in [4.78, 5) is 43.1. The zero-order valence-corrected chi connectivity index (χ0v) is 22.0. The van der Waals surface area contributed by atoms with Gasteiger partial charge in [0.1, 0.15) is 24.8 Å². The van der Waals surface area contributed by atoms with Crippen LogP contribution in [0.25, 0.3) is 0 Å². The van der Waals surface area contributed by atoms with E-state index in [2.05, 4.69) is 51.5 Å². The van der Waals surface area contributed by atoms with E-state index < -0.39 is 44.1 Å². The Bertz CT molecular complexity index is 1070. The van der Waals surface area contributed by atoms with Crippen molar-refractivity contribution in [2.24, 2.45) is 0 Å². The van der Waals surface area contributed by atoms with Crippen LogP contribution in [0.5, 0.6) is 0 Å². The highest BCUT2D eigenvalue weighted by Crippen LogP contribution is 2.43. The van der Waals surface area contributed by atoms with E-state index in [1.807, 2.05) is 0 Å². The molecule has 188 valence electrons. The molecule has 1 aliphatic heterocycles. The molecule has 3 heterocycles. The molecule has 0 radical (unpaired) electrons. The number of imidazole rings is 1. The van der Waals surface area contributed by atoms with Crippen LogP contribution in [0.15, 0.2) is 34.5 Å². The SMILES string of the molecule is Cc1cn([C@H]2C[C@H](OC(=O)n3ccnc3)[C@@H](CO[Si](C(C)C)(C(C)C)C(C)C)O2)c(=O)[nH]c1=O. The van der Waals surface area contributed by atoms with Gasteiger partial charge >= 0.3 is 11.8 Å². The molecule has 1 N–H and O–H groups in total. The van der Waals surface area contributed by atoms with Crippen molar-refractivity contribution >= 4 is 14.4 Å². The molecule has 10 nitrogen and oxygen atoms in total. The van der Waals surface area contributed by atoms with Crippen LogP contribution in [0, 0.1) is 6.92 Å². The molecule has 34 heavy (non-hydrogen) atoms. The lowest BCUT2D eigenvalue weighted by Crippen LogP contribution is -2.50. The number of hydrogen-bond donors (Lipinski definition) is 1. The van der Waals surface area contributed by atoms with Crippen molar-refractivity contribution in [1.82, 2.24) is 19.1 Å². The number of carbonyl (C=O) groups excluding carboxylic acids is 1. The summed E-state index contributed by atoms with van der Waals surface area (Å²) in [6.45, 7) is 15.1. The molecular formula is C23H36N4O6Si. The second-order valence-corrected chi connectivity index (χ2v) is 15.3. The number of aryl methyl sites for hydroxylation is 1. The minimum Gasteiger partial charge on any atom is -0.443 e. The molecule has 0 saturated carbocycles. The van der Waals surface area contributed by atoms with Gasteiger partial charge in [-0.3, -0.25) is 14.3 Å². The van der Waals surface area contributed by atoms with Crippen molar-refractivity contribution in [2.75, 3.05) is 6.61 Å². The van der Waals surface area contributed by atoms with E-state index in [0.29, 0.717) is 22.2 Å². The Morgan fingerprint density at radius 3 is 2.41 bits per heavy atom. The number of aromatic amines is 1. The van der Waals surface area contributed by atoms with Gasteiger partial charge in [0.05, 0.1) is 6.61 Å². The second-order valence-electron chi connectivity index (χ2n) is 9.86. The average Bonchev–Trinajstić information content (AvgIpc) is 3.41. The van der Waals surface area contributed by atoms with E-state index in [4.69, 9.17) is 13.9 Å². The number of nitrogens with zero attached hydrogens (tertiary/aromatic N) is 3. The number of carbonyl (C=O) groups is 1. The summed E-state index contributed by atoms with van der Waals surface area (Å²) in [5, 5.41) is 0. The number of rotatable bonds is 8. The van der Waals surface area contributed by atoms with Gasteiger partial charge in [-0.2, -0.15) is 0 Å². The minimum absolute atomic E-state index is 0.246. The van der Waals surface area contributed by atoms with Crippen LogP contribution < -0.4 is 11.2 Å². The van der Waals surface area contributed by atoms with Crippen molar-refractivity contribution in [3.8, 4) is 0 Å². The first kappa shape index (κ1) is 26.1. The lowest BCUT2D eigenvalue weighted by atomic mass is 10.2. The Morgan fingerprint density at radius 1 is 1.21 bits per heavy atom. The van der Waals surface area contributed by atoms with Gasteiger partial charge in [0.2, 0.25) is 0 Å². The van der Waals surface area contributed by atoms with Gasteiger partial charge in [-0.1, -0.05) is 41.5 Å². The highest BCUT2D eigenvalue weighted by molar-refractivity contribution is 6.77. The molecule has 0 amide bonds. The first-order chi connectivity index (χ1) is 16.0. The number of aromatic nitrogens is 4. The fourth-order valence-corrected chi connectivity index (χ4v) is 10.7. The summed E-state index contributed by atoms with van der Waals surface area (Å²) in [5.41, 5.74) is 0.505. The summed E-state index contributed by atoms with van der Waals surface area (Å²) in [5.74, 6) is 0. The van der Waals surface area contributed by atoms with Crippen molar-refractivity contribution in [3.05, 3.63) is 51.3 Å². The third-order valence-corrected chi connectivity index (χ3v) is 12.9. The zero-order chi connectivity index (χ0) is 25.2. The van der Waals surface area contributed by atoms with Crippen LogP contribution in [0.3, 0.4) is 0 Å². The van der Waals surface area contributed by atoms with Gasteiger partial charge < -0.3 is 13.9 Å². The lowest BCUT2D eigenvalue weighted by molar-refractivity contribution is -0.0463. The Morgan fingerprint density at radius 2 is 1.85 bits per heavy atom. The summed E-state index contributed by atoms with van der Waals surface area (Å²) in [7, 11) is -2.20. The topological polar surface area (TPSA) is 117 Å². The van der Waals surface area contributed by atoms with Gasteiger partial charge in [0.15, 0.2) is 8.32 Å². The molecule has 0 aliphatic carbocycles. The van der Waals surface area contributed by atoms with Gasteiger partial charge in [-0.05, 0) is 23.5 Å². The molecule has 1 saturated heterocycles. The van der Waals surface area contributed by atoms with E-state index in [0.717, 1.165) is 0 Å². The normalized spacial score (nSPS) is 21.1. The van der Waals surface area contributed by atoms with Crippen LogP contribution in [0.4, 0.5) is 4.79 Å². The second kappa shape index (κ2) is 10.4. The van der Waals surface area contributed by atoms with Crippen molar-refractivity contribution in [2.45, 2.75) is 89.9 Å². The molecule has 3 rings (SSSR count). The van der Waals surface area contributed by atoms with Crippen LogP contribution in [-0.4, -0.2) is 52.3 Å². The highest BCUT2D eigenvalue weighted by atomic mass is 28.4. The monoisotopic (exact) mass is 492 g/mol. The molecule has 0 unspecified atom stereocenters. The largest absolute Gasteiger partial charge is 0.443 e. The molecule has 0 spiro atoms. The fourth-order valence-electron chi connectivity index (χ4n) is 5.23. The maximum atomic E-state index is 12.6. The summed E-state index contributed by atoms with van der Waals surface area (Å²) < 4.78 is 21.3. The van der Waals surface area contributed by atoms with E-state index in [-0.39, 0.29) is 13.0 Å². The molecule has 0 bridgehead atoms. The first-order valence-corrected chi connectivity index (χ1v) is 13.9. The van der Waals surface area contributed by atoms with Crippen molar-refractivity contribution < 1.29 is 18.7 Å². The molecule has 3 atom stereocenters. The van der Waals surface area contributed by atoms with Gasteiger partial charge in [0.25, 0.3) is 5.56 Å². The molecule has 0 aromatic carbocycles. The molecule has 2 aromatic heterocycles. The van der Waals surface area contributed by atoms with Crippen LogP contribution in [0.1, 0.15) is 59.8 Å². The van der Waals surface area contributed by atoms with Crippen LogP contribution in [-0.2, 0) is 13.9 Å². The number of H-pyrrole nitrogens is 1. The maximum absolute atomic E-state index is 12.6. The average molecular weight is 493 g/mol. The molecule has 1 aliphatic rings. The Kier molecular flexibility index (Phi) is 7.99. The maximum Gasteiger partial charge on any atom is 0.419 e. The predicted octanol–water partition coefficient (Wildman–Crippen LogP) is 3.57. The minimum atomic E-state index is -2.20. The number of nitrogens with one attached hydrogen (secondary N) is 1. The van der Waals surface area contributed by atoms with Crippen molar-refractivity contribution in [3.63, 3.8) is 0 Å². The Hall–Kier alpha value is -2.50. The Labute approximate surface area is 200 Å². The van der Waals surface area contributed by atoms with Gasteiger partial charge in [-0.25, -0.2) is 19.1 Å². The summed E-state index contributed by atoms with van der Waals surface area (Å²) in [6, 6.07) is 0. The van der Waals surface area contributed by atoms with Gasteiger partial charge in [0, 0.05) is 30.6 Å². The third-order valence-electron chi connectivity index (χ3n) is 6.81. The number of hydrogen-bond acceptors (Lipinski definition) is 7.